The van der Waals surface area contributed by atoms with Gasteiger partial charge in [-0.25, -0.2) is 4.79 Å². The van der Waals surface area contributed by atoms with E-state index in [1.165, 1.54) is 0 Å². The van der Waals surface area contributed by atoms with E-state index in [4.69, 9.17) is 23.2 Å². The van der Waals surface area contributed by atoms with E-state index in [0.29, 0.717) is 33.1 Å². The second-order valence-corrected chi connectivity index (χ2v) is 7.29. The van der Waals surface area contributed by atoms with Crippen molar-refractivity contribution < 1.29 is 19.3 Å². The number of likely N-dealkylation sites (N-methyl/N-ethyl adjacent to an activating group) is 1. The molecule has 0 bridgehead atoms. The van der Waals surface area contributed by atoms with Crippen LogP contribution in [-0.4, -0.2) is 44.5 Å². The van der Waals surface area contributed by atoms with E-state index in [0.717, 1.165) is 6.42 Å². The van der Waals surface area contributed by atoms with Crippen LogP contribution in [0.25, 0.3) is 0 Å². The van der Waals surface area contributed by atoms with Crippen LogP contribution in [0.2, 0.25) is 10.0 Å². The molecule has 0 aliphatic rings. The second-order valence-electron chi connectivity index (χ2n) is 6.47. The molecule has 1 aromatic carbocycles. The lowest BCUT2D eigenvalue weighted by atomic mass is 10.1. The Bertz CT molecular complexity index is 653. The summed E-state index contributed by atoms with van der Waals surface area (Å²) >= 11 is 11.7. The van der Waals surface area contributed by atoms with E-state index in [1.807, 2.05) is 13.8 Å². The molecule has 0 aliphatic heterocycles. The fraction of sp³-hybridized carbons (Fsp3) is 0.471. The fourth-order valence-electron chi connectivity index (χ4n) is 2.08. The van der Waals surface area contributed by atoms with Gasteiger partial charge in [-0.2, -0.15) is 0 Å². The van der Waals surface area contributed by atoms with Gasteiger partial charge in [-0.05, 0) is 30.5 Å². The number of urea groups is 1. The number of amides is 4. The maximum absolute atomic E-state index is 12.0. The predicted molar refractivity (Wildman–Crippen MR) is 103 cm³/mol. The molecular formula is C17H25Cl2N4O3+. The SMILES string of the molecule is CC(C)CCNC(=O)NC(=O)C[NH+](C)CC(=O)Nc1ccc(Cl)c(Cl)c1. The molecule has 4 amide bonds. The number of hydrogen-bond donors (Lipinski definition) is 4. The average molecular weight is 404 g/mol. The minimum Gasteiger partial charge on any atom is -0.338 e. The van der Waals surface area contributed by atoms with Crippen LogP contribution >= 0.6 is 23.2 Å². The molecule has 0 saturated heterocycles. The number of imide groups is 1. The molecule has 7 nitrogen and oxygen atoms in total. The molecule has 144 valence electrons. The van der Waals surface area contributed by atoms with Gasteiger partial charge in [0.25, 0.3) is 11.8 Å². The summed E-state index contributed by atoms with van der Waals surface area (Å²) in [5.41, 5.74) is 0.520. The van der Waals surface area contributed by atoms with Crippen molar-refractivity contribution in [1.29, 1.82) is 0 Å². The molecule has 1 rings (SSSR count). The Balaban J connectivity index is 2.34. The smallest absolute Gasteiger partial charge is 0.321 e. The van der Waals surface area contributed by atoms with Crippen molar-refractivity contribution in [2.24, 2.45) is 5.92 Å². The molecular weight excluding hydrogens is 379 g/mol. The maximum atomic E-state index is 12.0. The third-order valence-corrected chi connectivity index (χ3v) is 4.13. The first-order chi connectivity index (χ1) is 12.2. The average Bonchev–Trinajstić information content (AvgIpc) is 2.49. The number of nitrogens with one attached hydrogen (secondary N) is 4. The van der Waals surface area contributed by atoms with E-state index >= 15 is 0 Å². The van der Waals surface area contributed by atoms with Gasteiger partial charge in [-0.1, -0.05) is 37.0 Å². The lowest BCUT2D eigenvalue weighted by molar-refractivity contribution is -0.862. The molecule has 0 aromatic heterocycles. The van der Waals surface area contributed by atoms with Crippen LogP contribution < -0.4 is 20.9 Å². The molecule has 4 N–H and O–H groups in total. The van der Waals surface area contributed by atoms with Crippen molar-refractivity contribution in [3.63, 3.8) is 0 Å². The minimum absolute atomic E-state index is 0.00755. The van der Waals surface area contributed by atoms with Crippen LogP contribution in [0, 0.1) is 5.92 Å². The summed E-state index contributed by atoms with van der Waals surface area (Å²) in [6, 6.07) is 4.24. The molecule has 0 radical (unpaired) electrons. The molecule has 0 saturated carbocycles. The molecule has 1 unspecified atom stereocenters. The summed E-state index contributed by atoms with van der Waals surface area (Å²) in [5.74, 6) is -0.266. The third-order valence-electron chi connectivity index (χ3n) is 3.39. The first-order valence-electron chi connectivity index (χ1n) is 8.31. The normalized spacial score (nSPS) is 11.8. The molecule has 26 heavy (non-hydrogen) atoms. The number of quaternary nitrogens is 1. The van der Waals surface area contributed by atoms with Gasteiger partial charge < -0.3 is 15.5 Å². The van der Waals surface area contributed by atoms with Crippen molar-refractivity contribution in [1.82, 2.24) is 10.6 Å². The van der Waals surface area contributed by atoms with Crippen molar-refractivity contribution in [2.45, 2.75) is 20.3 Å². The van der Waals surface area contributed by atoms with Crippen LogP contribution in [0.15, 0.2) is 18.2 Å². The summed E-state index contributed by atoms with van der Waals surface area (Å²) in [6.45, 7) is 4.65. The van der Waals surface area contributed by atoms with Gasteiger partial charge in [-0.15, -0.1) is 0 Å². The highest BCUT2D eigenvalue weighted by molar-refractivity contribution is 6.42. The van der Waals surface area contributed by atoms with Gasteiger partial charge in [0.2, 0.25) is 0 Å². The van der Waals surface area contributed by atoms with E-state index in [9.17, 15) is 14.4 Å². The van der Waals surface area contributed by atoms with Crippen LogP contribution in [0.3, 0.4) is 0 Å². The lowest BCUT2D eigenvalue weighted by Gasteiger charge is -2.14. The zero-order chi connectivity index (χ0) is 19.7. The number of hydrogen-bond acceptors (Lipinski definition) is 3. The molecule has 1 atom stereocenters. The monoisotopic (exact) mass is 403 g/mol. The van der Waals surface area contributed by atoms with Gasteiger partial charge in [0.05, 0.1) is 17.1 Å². The van der Waals surface area contributed by atoms with E-state index in [1.54, 1.807) is 25.2 Å². The molecule has 0 fully saturated rings. The van der Waals surface area contributed by atoms with Crippen LogP contribution in [0.4, 0.5) is 10.5 Å². The van der Waals surface area contributed by atoms with Gasteiger partial charge in [-0.3, -0.25) is 14.9 Å². The fourth-order valence-corrected chi connectivity index (χ4v) is 2.38. The van der Waals surface area contributed by atoms with Gasteiger partial charge >= 0.3 is 6.03 Å². The predicted octanol–water partition coefficient (Wildman–Crippen LogP) is 1.32. The van der Waals surface area contributed by atoms with Crippen LogP contribution in [-0.2, 0) is 9.59 Å². The maximum Gasteiger partial charge on any atom is 0.321 e. The highest BCUT2D eigenvalue weighted by Gasteiger charge is 2.16. The van der Waals surface area contributed by atoms with E-state index in [-0.39, 0.29) is 19.0 Å². The number of carbonyl (C=O) groups is 3. The Morgan fingerprint density at radius 2 is 1.73 bits per heavy atom. The number of benzene rings is 1. The van der Waals surface area contributed by atoms with Crippen LogP contribution in [0.1, 0.15) is 20.3 Å². The summed E-state index contributed by atoms with van der Waals surface area (Å²) in [4.78, 5) is 36.1. The van der Waals surface area contributed by atoms with E-state index < -0.39 is 11.9 Å². The Hall–Kier alpha value is -1.83. The highest BCUT2D eigenvalue weighted by Crippen LogP contribution is 2.24. The first kappa shape index (κ1) is 22.2. The number of anilines is 1. The van der Waals surface area contributed by atoms with Gasteiger partial charge in [0.15, 0.2) is 13.1 Å². The molecule has 9 heteroatoms. The largest absolute Gasteiger partial charge is 0.338 e. The Labute approximate surface area is 163 Å². The minimum atomic E-state index is -0.524. The first-order valence-corrected chi connectivity index (χ1v) is 9.07. The van der Waals surface area contributed by atoms with Crippen molar-refractivity contribution in [2.75, 3.05) is 32.0 Å². The number of carbonyl (C=O) groups excluding carboxylic acids is 3. The second kappa shape index (κ2) is 11.0. The van der Waals surface area contributed by atoms with Gasteiger partial charge in [0, 0.05) is 12.2 Å². The lowest BCUT2D eigenvalue weighted by Crippen LogP contribution is -3.11. The Kier molecular flexibility index (Phi) is 9.40. The third kappa shape index (κ3) is 9.03. The summed E-state index contributed by atoms with van der Waals surface area (Å²) in [7, 11) is 1.69. The zero-order valence-corrected chi connectivity index (χ0v) is 16.6. The quantitative estimate of drug-likeness (QED) is 0.527. The highest BCUT2D eigenvalue weighted by atomic mass is 35.5. The Morgan fingerprint density at radius 3 is 2.35 bits per heavy atom. The standard InChI is InChI=1S/C17H24Cl2N4O3/c1-11(2)6-7-20-17(26)22-16(25)10-23(3)9-15(24)21-12-4-5-13(18)14(19)8-12/h4-5,8,11H,6-7,9-10H2,1-3H3,(H,21,24)(H2,20,22,25,26)/p+1. The van der Waals surface area contributed by atoms with E-state index in [2.05, 4.69) is 16.0 Å². The zero-order valence-electron chi connectivity index (χ0n) is 15.1. The summed E-state index contributed by atoms with van der Waals surface area (Å²) in [6.07, 6.45) is 0.835. The van der Waals surface area contributed by atoms with Crippen molar-refractivity contribution >= 4 is 46.7 Å². The topological polar surface area (TPSA) is 91.7 Å². The Morgan fingerprint density at radius 1 is 1.08 bits per heavy atom. The van der Waals surface area contributed by atoms with Crippen molar-refractivity contribution in [3.05, 3.63) is 28.2 Å². The number of halogens is 2. The van der Waals surface area contributed by atoms with Gasteiger partial charge in [0.1, 0.15) is 0 Å². The van der Waals surface area contributed by atoms with Crippen LogP contribution in [0.5, 0.6) is 0 Å². The molecule has 0 aliphatic carbocycles. The molecule has 0 spiro atoms. The summed E-state index contributed by atoms with van der Waals surface area (Å²) in [5, 5.41) is 8.29. The summed E-state index contributed by atoms with van der Waals surface area (Å²) < 4.78 is 0. The molecule has 1 aromatic rings. The molecule has 0 heterocycles. The van der Waals surface area contributed by atoms with Crippen molar-refractivity contribution in [3.8, 4) is 0 Å². The number of rotatable bonds is 8.